The number of benzene rings is 2. The van der Waals surface area contributed by atoms with Crippen LogP contribution in [0.3, 0.4) is 0 Å². The number of amides is 1. The number of pyridine rings is 1. The number of hydrogen-bond donors (Lipinski definition) is 3. The number of rotatable bonds is 15. The van der Waals surface area contributed by atoms with Crippen LogP contribution in [0.5, 0.6) is 5.88 Å². The summed E-state index contributed by atoms with van der Waals surface area (Å²) in [6.07, 6.45) is 6.97. The molecule has 0 saturated heterocycles. The summed E-state index contributed by atoms with van der Waals surface area (Å²) in [6.45, 7) is 2.23. The van der Waals surface area contributed by atoms with Gasteiger partial charge < -0.3 is 20.7 Å². The average molecular weight is 625 g/mol. The van der Waals surface area contributed by atoms with E-state index in [0.717, 1.165) is 60.9 Å². The Morgan fingerprint density at radius 2 is 1.80 bits per heavy atom. The van der Waals surface area contributed by atoms with Crippen molar-refractivity contribution in [1.82, 2.24) is 30.5 Å². The van der Waals surface area contributed by atoms with E-state index in [1.807, 2.05) is 62.8 Å². The minimum Gasteiger partial charge on any atom is -0.478 e. The van der Waals surface area contributed by atoms with E-state index in [1.54, 1.807) is 12.1 Å². The van der Waals surface area contributed by atoms with Gasteiger partial charge >= 0.3 is 0 Å². The molecular formula is C35H44N8O3. The Labute approximate surface area is 270 Å². The number of hydrogen-bond acceptors (Lipinski definition) is 9. The van der Waals surface area contributed by atoms with Crippen molar-refractivity contribution in [1.29, 1.82) is 0 Å². The number of nitrogens with two attached hydrogens (primary N) is 1. The highest BCUT2D eigenvalue weighted by Crippen LogP contribution is 2.31. The standard InChI is InChI=1S/C35H44N8O3/c1-43(2)17-4-18-46-33-16-13-29(23-37-33)28-6-3-5-25(19-28)20-30(21-32(44)26-9-7-24(22-36)8-10-26)35(45)38-31-14-11-27(12-15-31)34-39-41-42-40-34/h3,5-6,11-16,19,23-24,26,30H,4,7-10,17-18,20-22,36H2,1-2H3,(H,38,45)(H,39,40,41,42)/t24?,26?,30-/m1/s1. The third kappa shape index (κ3) is 9.27. The number of anilines is 1. The molecule has 0 bridgehead atoms. The van der Waals surface area contributed by atoms with Crippen LogP contribution in [0.2, 0.25) is 0 Å². The lowest BCUT2D eigenvalue weighted by molar-refractivity contribution is -0.129. The number of carbonyl (C=O) groups excluding carboxylic acids is 2. The predicted octanol–water partition coefficient (Wildman–Crippen LogP) is 4.78. The highest BCUT2D eigenvalue weighted by atomic mass is 16.5. The Bertz CT molecular complexity index is 1530. The van der Waals surface area contributed by atoms with Crippen molar-refractivity contribution in [2.24, 2.45) is 23.5 Å². The van der Waals surface area contributed by atoms with Gasteiger partial charge in [0.15, 0.2) is 0 Å². The monoisotopic (exact) mass is 624 g/mol. The number of aromatic nitrogens is 5. The lowest BCUT2D eigenvalue weighted by Gasteiger charge is -2.27. The summed E-state index contributed by atoms with van der Waals surface area (Å²) in [4.78, 5) is 33.9. The van der Waals surface area contributed by atoms with Gasteiger partial charge in [0, 0.05) is 53.9 Å². The Balaban J connectivity index is 1.28. The highest BCUT2D eigenvalue weighted by molar-refractivity contribution is 5.96. The van der Waals surface area contributed by atoms with Gasteiger partial charge in [-0.1, -0.05) is 24.3 Å². The van der Waals surface area contributed by atoms with Crippen LogP contribution >= 0.6 is 0 Å². The molecule has 1 atom stereocenters. The zero-order valence-electron chi connectivity index (χ0n) is 26.7. The molecule has 1 amide bonds. The Morgan fingerprint density at radius 3 is 2.48 bits per heavy atom. The SMILES string of the molecule is CN(C)CCCOc1ccc(-c2cccc(C[C@H](CC(=O)C3CCC(CN)CC3)C(=O)Nc3ccc(-c4nn[nH]n4)cc3)c2)cn1. The molecule has 5 rings (SSSR count). The van der Waals surface area contributed by atoms with Crippen LogP contribution < -0.4 is 15.8 Å². The van der Waals surface area contributed by atoms with Gasteiger partial charge in [0.25, 0.3) is 0 Å². The minimum atomic E-state index is -0.525. The van der Waals surface area contributed by atoms with Crippen LogP contribution in [0.4, 0.5) is 5.69 Å². The summed E-state index contributed by atoms with van der Waals surface area (Å²) in [5.41, 5.74) is 10.2. The molecule has 4 aromatic rings. The number of tetrazole rings is 1. The second-order valence-electron chi connectivity index (χ2n) is 12.4. The molecule has 2 aromatic carbocycles. The van der Waals surface area contributed by atoms with Gasteiger partial charge in [0.1, 0.15) is 5.78 Å². The molecule has 0 unspecified atom stereocenters. The number of carbonyl (C=O) groups is 2. The molecule has 0 spiro atoms. The van der Waals surface area contributed by atoms with E-state index >= 15 is 0 Å². The molecular weight excluding hydrogens is 580 g/mol. The van der Waals surface area contributed by atoms with Crippen molar-refractivity contribution >= 4 is 17.4 Å². The molecule has 1 aliphatic carbocycles. The van der Waals surface area contributed by atoms with Gasteiger partial charge in [-0.2, -0.15) is 5.21 Å². The number of nitrogens with zero attached hydrogens (tertiary/aromatic N) is 5. The number of H-pyrrole nitrogens is 1. The van der Waals surface area contributed by atoms with Gasteiger partial charge in [-0.25, -0.2) is 4.98 Å². The number of aromatic amines is 1. The zero-order chi connectivity index (χ0) is 32.3. The van der Waals surface area contributed by atoms with Crippen molar-refractivity contribution < 1.29 is 14.3 Å². The maximum atomic E-state index is 13.7. The summed E-state index contributed by atoms with van der Waals surface area (Å²) in [6, 6.07) is 19.2. The van der Waals surface area contributed by atoms with Gasteiger partial charge in [0.2, 0.25) is 17.6 Å². The maximum absolute atomic E-state index is 13.7. The summed E-state index contributed by atoms with van der Waals surface area (Å²) in [5, 5.41) is 17.1. The van der Waals surface area contributed by atoms with Crippen molar-refractivity contribution in [3.05, 3.63) is 72.4 Å². The molecule has 11 heteroatoms. The molecule has 2 heterocycles. The van der Waals surface area contributed by atoms with Gasteiger partial charge in [-0.3, -0.25) is 9.59 Å². The number of ketones is 1. The number of ether oxygens (including phenoxy) is 1. The van der Waals surface area contributed by atoms with Crippen molar-refractivity contribution in [3.63, 3.8) is 0 Å². The Morgan fingerprint density at radius 1 is 1.02 bits per heavy atom. The number of nitrogens with one attached hydrogen (secondary N) is 2. The lowest BCUT2D eigenvalue weighted by atomic mass is 9.77. The fraction of sp³-hybridized carbons (Fsp3) is 0.429. The van der Waals surface area contributed by atoms with Crippen LogP contribution in [0.25, 0.3) is 22.5 Å². The molecule has 1 aliphatic rings. The van der Waals surface area contributed by atoms with Crippen LogP contribution in [-0.4, -0.2) is 76.0 Å². The second kappa shape index (κ2) is 16.2. The molecule has 242 valence electrons. The first kappa shape index (κ1) is 32.9. The first-order chi connectivity index (χ1) is 22.4. The van der Waals surface area contributed by atoms with E-state index < -0.39 is 5.92 Å². The van der Waals surface area contributed by atoms with Crippen LogP contribution in [-0.2, 0) is 16.0 Å². The molecule has 0 aliphatic heterocycles. The number of Topliss-reactive ketones (excluding diaryl/α,β-unsaturated/α-hetero) is 1. The van der Waals surface area contributed by atoms with Crippen molar-refractivity contribution in [2.75, 3.05) is 39.1 Å². The maximum Gasteiger partial charge on any atom is 0.228 e. The molecule has 0 radical (unpaired) electrons. The zero-order valence-corrected chi connectivity index (χ0v) is 26.7. The lowest BCUT2D eigenvalue weighted by Crippen LogP contribution is -2.31. The third-order valence-corrected chi connectivity index (χ3v) is 8.69. The molecule has 11 nitrogen and oxygen atoms in total. The fourth-order valence-corrected chi connectivity index (χ4v) is 5.97. The van der Waals surface area contributed by atoms with Crippen molar-refractivity contribution in [2.45, 2.75) is 44.9 Å². The van der Waals surface area contributed by atoms with Gasteiger partial charge in [-0.05, 0) is 112 Å². The average Bonchev–Trinajstić information content (AvgIpc) is 3.62. The van der Waals surface area contributed by atoms with E-state index in [1.165, 1.54) is 0 Å². The predicted molar refractivity (Wildman–Crippen MR) is 178 cm³/mol. The van der Waals surface area contributed by atoms with Crippen LogP contribution in [0, 0.1) is 17.8 Å². The summed E-state index contributed by atoms with van der Waals surface area (Å²) in [5.74, 6) is 0.988. The normalized spacial score (nSPS) is 17.0. The minimum absolute atomic E-state index is 0.0200. The highest BCUT2D eigenvalue weighted by Gasteiger charge is 2.30. The molecule has 1 fully saturated rings. The Hall–Kier alpha value is -4.48. The van der Waals surface area contributed by atoms with Gasteiger partial charge in [0.05, 0.1) is 6.61 Å². The first-order valence-corrected chi connectivity index (χ1v) is 16.1. The summed E-state index contributed by atoms with van der Waals surface area (Å²) < 4.78 is 5.79. The first-order valence-electron chi connectivity index (χ1n) is 16.1. The molecule has 46 heavy (non-hydrogen) atoms. The van der Waals surface area contributed by atoms with E-state index in [-0.39, 0.29) is 24.0 Å². The summed E-state index contributed by atoms with van der Waals surface area (Å²) in [7, 11) is 4.08. The van der Waals surface area contributed by atoms with E-state index in [9.17, 15) is 9.59 Å². The van der Waals surface area contributed by atoms with E-state index in [0.29, 0.717) is 42.9 Å². The van der Waals surface area contributed by atoms with E-state index in [2.05, 4.69) is 41.9 Å². The fourth-order valence-electron chi connectivity index (χ4n) is 5.97. The molecule has 1 saturated carbocycles. The smallest absolute Gasteiger partial charge is 0.228 e. The molecule has 2 aromatic heterocycles. The van der Waals surface area contributed by atoms with Gasteiger partial charge in [-0.15, -0.1) is 10.2 Å². The largest absolute Gasteiger partial charge is 0.478 e. The second-order valence-corrected chi connectivity index (χ2v) is 12.4. The van der Waals surface area contributed by atoms with Crippen LogP contribution in [0.1, 0.15) is 44.1 Å². The quantitative estimate of drug-likeness (QED) is 0.159. The van der Waals surface area contributed by atoms with Crippen LogP contribution in [0.15, 0.2) is 66.9 Å². The topological polar surface area (TPSA) is 152 Å². The Kier molecular flexibility index (Phi) is 11.6. The van der Waals surface area contributed by atoms with Crippen molar-refractivity contribution in [3.8, 4) is 28.4 Å². The van der Waals surface area contributed by atoms with E-state index in [4.69, 9.17) is 10.5 Å². The molecule has 4 N–H and O–H groups in total. The third-order valence-electron chi connectivity index (χ3n) is 8.69. The summed E-state index contributed by atoms with van der Waals surface area (Å²) >= 11 is 0.